The number of anilines is 1. The maximum Gasteiger partial charge on any atom is 0.267 e. The number of fused-ring (bicyclic) bond motifs is 2. The van der Waals surface area contributed by atoms with E-state index in [4.69, 9.17) is 5.10 Å². The molecule has 0 aromatic carbocycles. The molecule has 6 nitrogen and oxygen atoms in total. The highest BCUT2D eigenvalue weighted by molar-refractivity contribution is 7.98. The Kier molecular flexibility index (Phi) is 4.19. The van der Waals surface area contributed by atoms with Gasteiger partial charge in [-0.15, -0.1) is 0 Å². The average Bonchev–Trinajstić information content (AvgIpc) is 3.31. The molecule has 0 bridgehead atoms. The lowest BCUT2D eigenvalue weighted by Crippen LogP contribution is -2.38. The van der Waals surface area contributed by atoms with Crippen LogP contribution in [0.4, 0.5) is 5.82 Å². The Bertz CT molecular complexity index is 896. The first kappa shape index (κ1) is 16.3. The van der Waals surface area contributed by atoms with E-state index in [-0.39, 0.29) is 11.6 Å². The monoisotopic (exact) mass is 369 g/mol. The molecule has 4 heterocycles. The highest BCUT2D eigenvalue weighted by Gasteiger charge is 2.30. The quantitative estimate of drug-likeness (QED) is 0.824. The molecule has 2 aromatic heterocycles. The van der Waals surface area contributed by atoms with Crippen LogP contribution in [0.5, 0.6) is 0 Å². The van der Waals surface area contributed by atoms with Gasteiger partial charge in [0.15, 0.2) is 0 Å². The van der Waals surface area contributed by atoms with Crippen LogP contribution in [0, 0.1) is 0 Å². The van der Waals surface area contributed by atoms with Crippen molar-refractivity contribution in [1.82, 2.24) is 19.7 Å². The van der Waals surface area contributed by atoms with Crippen LogP contribution in [0.2, 0.25) is 0 Å². The normalized spacial score (nSPS) is 21.7. The summed E-state index contributed by atoms with van der Waals surface area (Å²) in [5.41, 5.74) is 4.80. The van der Waals surface area contributed by atoms with Crippen molar-refractivity contribution in [3.8, 4) is 0 Å². The van der Waals surface area contributed by atoms with Crippen LogP contribution in [0.1, 0.15) is 41.8 Å². The second-order valence-electron chi connectivity index (χ2n) is 7.40. The van der Waals surface area contributed by atoms with Gasteiger partial charge < -0.3 is 4.90 Å². The molecule has 3 aliphatic rings. The zero-order chi connectivity index (χ0) is 17.5. The van der Waals surface area contributed by atoms with Crippen LogP contribution < -0.4 is 10.5 Å². The highest BCUT2D eigenvalue weighted by Crippen LogP contribution is 2.32. The van der Waals surface area contributed by atoms with E-state index in [2.05, 4.69) is 14.9 Å². The van der Waals surface area contributed by atoms with Crippen molar-refractivity contribution in [2.45, 2.75) is 56.9 Å². The zero-order valence-corrected chi connectivity index (χ0v) is 15.7. The van der Waals surface area contributed by atoms with Crippen molar-refractivity contribution in [1.29, 1.82) is 0 Å². The number of nitrogens with zero attached hydrogens (tertiary/aromatic N) is 5. The third-order valence-corrected chi connectivity index (χ3v) is 6.80. The average molecular weight is 369 g/mol. The molecule has 1 atom stereocenters. The second-order valence-corrected chi connectivity index (χ2v) is 8.51. The lowest BCUT2D eigenvalue weighted by Gasteiger charge is -2.28. The number of rotatable bonds is 3. The first-order chi connectivity index (χ1) is 12.8. The van der Waals surface area contributed by atoms with E-state index in [0.29, 0.717) is 6.54 Å². The third-order valence-electron chi connectivity index (χ3n) is 5.79. The van der Waals surface area contributed by atoms with Crippen molar-refractivity contribution in [2.75, 3.05) is 17.2 Å². The first-order valence-corrected chi connectivity index (χ1v) is 10.7. The number of hydrogen-bond donors (Lipinski definition) is 0. The lowest BCUT2D eigenvalue weighted by atomic mass is 10.1. The Morgan fingerprint density at radius 1 is 1.15 bits per heavy atom. The highest BCUT2D eigenvalue weighted by atomic mass is 32.2. The molecule has 1 saturated heterocycles. The summed E-state index contributed by atoms with van der Waals surface area (Å²) in [7, 11) is 0. The van der Waals surface area contributed by atoms with Crippen molar-refractivity contribution in [3.63, 3.8) is 0 Å². The maximum atomic E-state index is 12.6. The fraction of sp³-hybridized carbons (Fsp3) is 0.579. The predicted octanol–water partition coefficient (Wildman–Crippen LogP) is 1.98. The number of aromatic nitrogens is 4. The maximum absolute atomic E-state index is 12.6. The van der Waals surface area contributed by atoms with Gasteiger partial charge in [-0.05, 0) is 43.4 Å². The van der Waals surface area contributed by atoms with E-state index in [9.17, 15) is 4.79 Å². The van der Waals surface area contributed by atoms with E-state index in [1.165, 1.54) is 17.7 Å². The minimum Gasteiger partial charge on any atom is -0.351 e. The summed E-state index contributed by atoms with van der Waals surface area (Å²) in [6, 6.07) is 2.09. The first-order valence-electron chi connectivity index (χ1n) is 9.56. The van der Waals surface area contributed by atoms with Gasteiger partial charge >= 0.3 is 0 Å². The van der Waals surface area contributed by atoms with Crippen LogP contribution in [0.3, 0.4) is 0 Å². The smallest absolute Gasteiger partial charge is 0.267 e. The SMILES string of the molecule is O=c1cc2c(nn1CC1CCCN1c1ncnc3c1CCC3)CCSC2. The van der Waals surface area contributed by atoms with Crippen molar-refractivity contribution in [3.05, 3.63) is 45.3 Å². The Morgan fingerprint density at radius 3 is 3.08 bits per heavy atom. The molecule has 5 rings (SSSR count). The van der Waals surface area contributed by atoms with Crippen LogP contribution in [0.15, 0.2) is 17.2 Å². The Labute approximate surface area is 157 Å². The second kappa shape index (κ2) is 6.68. The molecule has 1 aliphatic carbocycles. The predicted molar refractivity (Wildman–Crippen MR) is 103 cm³/mol. The Morgan fingerprint density at radius 2 is 2.12 bits per heavy atom. The molecule has 0 spiro atoms. The van der Waals surface area contributed by atoms with Crippen molar-refractivity contribution >= 4 is 17.6 Å². The van der Waals surface area contributed by atoms with Crippen LogP contribution in [0.25, 0.3) is 0 Å². The molecule has 0 radical (unpaired) electrons. The summed E-state index contributed by atoms with van der Waals surface area (Å²) in [4.78, 5) is 24.0. The number of hydrogen-bond acceptors (Lipinski definition) is 6. The minimum absolute atomic E-state index is 0.0333. The van der Waals surface area contributed by atoms with Crippen LogP contribution in [-0.2, 0) is 31.6 Å². The van der Waals surface area contributed by atoms with Crippen molar-refractivity contribution < 1.29 is 0 Å². The summed E-state index contributed by atoms with van der Waals surface area (Å²) < 4.78 is 1.69. The van der Waals surface area contributed by atoms with Gasteiger partial charge in [0.1, 0.15) is 12.1 Å². The molecule has 7 heteroatoms. The number of aryl methyl sites for hydroxylation is 2. The van der Waals surface area contributed by atoms with E-state index in [1.807, 2.05) is 11.8 Å². The molecular weight excluding hydrogens is 346 g/mol. The van der Waals surface area contributed by atoms with E-state index >= 15 is 0 Å². The van der Waals surface area contributed by atoms with E-state index in [0.717, 1.165) is 67.2 Å². The lowest BCUT2D eigenvalue weighted by molar-refractivity contribution is 0.479. The molecule has 0 N–H and O–H groups in total. The molecule has 1 unspecified atom stereocenters. The van der Waals surface area contributed by atoms with Crippen molar-refractivity contribution in [2.24, 2.45) is 0 Å². The van der Waals surface area contributed by atoms with Gasteiger partial charge in [0.25, 0.3) is 5.56 Å². The van der Waals surface area contributed by atoms with Gasteiger partial charge in [0.2, 0.25) is 0 Å². The standard InChI is InChI=1S/C19H23N5OS/c25-18-9-13-11-26-8-6-16(13)22-24(18)10-14-3-2-7-23(14)19-15-4-1-5-17(15)20-12-21-19/h9,12,14H,1-8,10-11H2. The summed E-state index contributed by atoms with van der Waals surface area (Å²) in [5.74, 6) is 3.11. The number of thioether (sulfide) groups is 1. The van der Waals surface area contributed by atoms with Gasteiger partial charge in [-0.3, -0.25) is 4.79 Å². The molecule has 0 amide bonds. The van der Waals surface area contributed by atoms with E-state index < -0.39 is 0 Å². The summed E-state index contributed by atoms with van der Waals surface area (Å²) >= 11 is 1.88. The molecule has 26 heavy (non-hydrogen) atoms. The Hall–Kier alpha value is -1.89. The fourth-order valence-corrected chi connectivity index (χ4v) is 5.43. The van der Waals surface area contributed by atoms with Crippen LogP contribution >= 0.6 is 11.8 Å². The zero-order valence-electron chi connectivity index (χ0n) is 14.9. The van der Waals surface area contributed by atoms with Gasteiger partial charge in [-0.2, -0.15) is 16.9 Å². The Balaban J connectivity index is 1.44. The topological polar surface area (TPSA) is 63.9 Å². The van der Waals surface area contributed by atoms with Gasteiger partial charge in [-0.25, -0.2) is 14.6 Å². The third kappa shape index (κ3) is 2.82. The largest absolute Gasteiger partial charge is 0.351 e. The summed E-state index contributed by atoms with van der Waals surface area (Å²) in [6.45, 7) is 1.66. The van der Waals surface area contributed by atoms with Gasteiger partial charge in [0, 0.05) is 36.0 Å². The minimum atomic E-state index is 0.0333. The molecule has 1 fully saturated rings. The molecule has 136 valence electrons. The fourth-order valence-electron chi connectivity index (χ4n) is 4.48. The molecule has 2 aliphatic heterocycles. The molecule has 0 saturated carbocycles. The van der Waals surface area contributed by atoms with Crippen LogP contribution in [-0.4, -0.2) is 38.1 Å². The van der Waals surface area contributed by atoms with E-state index in [1.54, 1.807) is 17.1 Å². The molecular formula is C19H23N5OS. The summed E-state index contributed by atoms with van der Waals surface area (Å²) in [5, 5.41) is 4.71. The van der Waals surface area contributed by atoms with Gasteiger partial charge in [-0.1, -0.05) is 0 Å². The molecule has 2 aromatic rings. The van der Waals surface area contributed by atoms with Gasteiger partial charge in [0.05, 0.1) is 18.3 Å². The summed E-state index contributed by atoms with van der Waals surface area (Å²) in [6.07, 6.45) is 8.20.